The number of aryl methyl sites for hydroxylation is 1. The number of rotatable bonds is 4. The van der Waals surface area contributed by atoms with Crippen LogP contribution in [0.3, 0.4) is 0 Å². The van der Waals surface area contributed by atoms with Gasteiger partial charge < -0.3 is 5.73 Å². The van der Waals surface area contributed by atoms with Gasteiger partial charge in [0.05, 0.1) is 10.8 Å². The maximum atomic E-state index is 10.9. The van der Waals surface area contributed by atoms with E-state index >= 15 is 0 Å². The maximum Gasteiger partial charge on any atom is 0.147 e. The Hall–Kier alpha value is -0.810. The summed E-state index contributed by atoms with van der Waals surface area (Å²) in [6, 6.07) is 1.71. The van der Waals surface area contributed by atoms with Crippen LogP contribution in [0.5, 0.6) is 0 Å². The molecule has 0 radical (unpaired) electrons. The molecule has 0 saturated carbocycles. The molecular formula is C9H13ClN2O2S. The zero-order chi connectivity index (χ0) is 11.5. The number of nitrogen functional groups attached to an aromatic ring is 1. The molecule has 0 spiro atoms. The summed E-state index contributed by atoms with van der Waals surface area (Å²) in [5.41, 5.74) is 6.42. The summed E-state index contributed by atoms with van der Waals surface area (Å²) in [7, 11) is -2.91. The minimum atomic E-state index is -2.91. The lowest BCUT2D eigenvalue weighted by Crippen LogP contribution is -2.05. The average Bonchev–Trinajstić information content (AvgIpc) is 2.09. The molecule has 0 aliphatic heterocycles. The fourth-order valence-electron chi connectivity index (χ4n) is 1.22. The zero-order valence-electron chi connectivity index (χ0n) is 8.40. The van der Waals surface area contributed by atoms with E-state index in [1.54, 1.807) is 6.07 Å². The number of hydrogen-bond acceptors (Lipinski definition) is 4. The van der Waals surface area contributed by atoms with Crippen LogP contribution in [0.4, 0.5) is 5.82 Å². The van der Waals surface area contributed by atoms with Crippen LogP contribution < -0.4 is 5.73 Å². The number of nitrogens with two attached hydrogens (primary N) is 1. The first kappa shape index (κ1) is 12.3. The van der Waals surface area contributed by atoms with E-state index in [1.807, 2.05) is 0 Å². The Morgan fingerprint density at radius 2 is 2.20 bits per heavy atom. The predicted octanol–water partition coefficient (Wildman–Crippen LogP) is 1.29. The number of nitrogens with zero attached hydrogens (tertiary/aromatic N) is 1. The summed E-state index contributed by atoms with van der Waals surface area (Å²) in [5, 5.41) is 0.513. The third-order valence-electron chi connectivity index (χ3n) is 1.93. The smallest absolute Gasteiger partial charge is 0.147 e. The van der Waals surface area contributed by atoms with Crippen molar-refractivity contribution >= 4 is 27.3 Å². The van der Waals surface area contributed by atoms with Gasteiger partial charge in [0.1, 0.15) is 15.7 Å². The van der Waals surface area contributed by atoms with Crippen molar-refractivity contribution in [2.24, 2.45) is 0 Å². The lowest BCUT2D eigenvalue weighted by atomic mass is 10.1. The van der Waals surface area contributed by atoms with Crippen molar-refractivity contribution in [3.05, 3.63) is 22.8 Å². The number of sulfone groups is 1. The maximum absolute atomic E-state index is 10.9. The fraction of sp³-hybridized carbons (Fsp3) is 0.444. The van der Waals surface area contributed by atoms with Gasteiger partial charge in [0.25, 0.3) is 0 Å². The van der Waals surface area contributed by atoms with Crippen molar-refractivity contribution in [3.63, 3.8) is 0 Å². The fourth-order valence-corrected chi connectivity index (χ4v) is 2.07. The van der Waals surface area contributed by atoms with Crippen molar-refractivity contribution in [1.82, 2.24) is 4.98 Å². The molecule has 0 unspecified atom stereocenters. The molecule has 15 heavy (non-hydrogen) atoms. The molecule has 0 aliphatic carbocycles. The Morgan fingerprint density at radius 3 is 2.80 bits per heavy atom. The largest absolute Gasteiger partial charge is 0.383 e. The normalized spacial score (nSPS) is 11.6. The quantitative estimate of drug-likeness (QED) is 0.872. The Morgan fingerprint density at radius 1 is 1.53 bits per heavy atom. The van der Waals surface area contributed by atoms with Crippen LogP contribution in [-0.2, 0) is 16.3 Å². The molecule has 0 aliphatic rings. The van der Waals surface area contributed by atoms with Crippen LogP contribution >= 0.6 is 11.6 Å². The average molecular weight is 249 g/mol. The molecular weight excluding hydrogens is 236 g/mol. The van der Waals surface area contributed by atoms with Gasteiger partial charge >= 0.3 is 0 Å². The summed E-state index contributed by atoms with van der Waals surface area (Å²) < 4.78 is 21.8. The first-order chi connectivity index (χ1) is 6.88. The van der Waals surface area contributed by atoms with Crippen molar-refractivity contribution in [2.45, 2.75) is 12.8 Å². The zero-order valence-corrected chi connectivity index (χ0v) is 9.98. The van der Waals surface area contributed by atoms with Crippen molar-refractivity contribution in [3.8, 4) is 0 Å². The van der Waals surface area contributed by atoms with Gasteiger partial charge in [-0.15, -0.1) is 0 Å². The third kappa shape index (κ3) is 4.48. The van der Waals surface area contributed by atoms with Crippen molar-refractivity contribution in [2.75, 3.05) is 17.7 Å². The molecule has 0 aromatic carbocycles. The van der Waals surface area contributed by atoms with E-state index in [0.29, 0.717) is 23.7 Å². The molecule has 0 saturated heterocycles. The number of halogens is 1. The molecule has 0 amide bonds. The molecule has 6 heteroatoms. The second kappa shape index (κ2) is 4.81. The Kier molecular flexibility index (Phi) is 3.93. The summed E-state index contributed by atoms with van der Waals surface area (Å²) in [6.07, 6.45) is 3.79. The van der Waals surface area contributed by atoms with E-state index in [4.69, 9.17) is 17.3 Å². The second-order valence-electron chi connectivity index (χ2n) is 3.43. The summed E-state index contributed by atoms with van der Waals surface area (Å²) >= 11 is 5.75. The van der Waals surface area contributed by atoms with Crippen LogP contribution in [0.1, 0.15) is 12.0 Å². The molecule has 1 heterocycles. The summed E-state index contributed by atoms with van der Waals surface area (Å²) in [6.45, 7) is 0. The summed E-state index contributed by atoms with van der Waals surface area (Å²) in [5.74, 6) is 0.562. The topological polar surface area (TPSA) is 73.0 Å². The number of pyridine rings is 1. The molecule has 0 atom stereocenters. The monoisotopic (exact) mass is 248 g/mol. The van der Waals surface area contributed by atoms with Gasteiger partial charge in [-0.25, -0.2) is 13.4 Å². The SMILES string of the molecule is CS(=O)(=O)CCCc1cc(Cl)cnc1N. The summed E-state index contributed by atoms with van der Waals surface area (Å²) in [4.78, 5) is 3.89. The van der Waals surface area contributed by atoms with Gasteiger partial charge in [0.15, 0.2) is 0 Å². The highest BCUT2D eigenvalue weighted by atomic mass is 35.5. The predicted molar refractivity (Wildman–Crippen MR) is 61.7 cm³/mol. The van der Waals surface area contributed by atoms with Crippen molar-refractivity contribution < 1.29 is 8.42 Å². The number of aromatic nitrogens is 1. The third-order valence-corrected chi connectivity index (χ3v) is 3.17. The van der Waals surface area contributed by atoms with E-state index < -0.39 is 9.84 Å². The minimum absolute atomic E-state index is 0.152. The van der Waals surface area contributed by atoms with Gasteiger partial charge in [-0.05, 0) is 24.5 Å². The van der Waals surface area contributed by atoms with Gasteiger partial charge in [-0.2, -0.15) is 0 Å². The van der Waals surface area contributed by atoms with E-state index in [-0.39, 0.29) is 5.75 Å². The van der Waals surface area contributed by atoms with Gasteiger partial charge in [0.2, 0.25) is 0 Å². The standard InChI is InChI=1S/C9H13ClN2O2S/c1-15(13,14)4-2-3-7-5-8(10)6-12-9(7)11/h5-6H,2-4H2,1H3,(H2,11,12). The number of hydrogen-bond donors (Lipinski definition) is 1. The van der Waals surface area contributed by atoms with Gasteiger partial charge in [-0.1, -0.05) is 11.6 Å². The van der Waals surface area contributed by atoms with E-state index in [1.165, 1.54) is 12.5 Å². The molecule has 0 bridgehead atoms. The number of anilines is 1. The highest BCUT2D eigenvalue weighted by Gasteiger charge is 2.05. The molecule has 84 valence electrons. The molecule has 4 nitrogen and oxygen atoms in total. The van der Waals surface area contributed by atoms with Gasteiger partial charge in [0, 0.05) is 12.5 Å². The lowest BCUT2D eigenvalue weighted by molar-refractivity contribution is 0.599. The van der Waals surface area contributed by atoms with Crippen LogP contribution in [0.25, 0.3) is 0 Å². The minimum Gasteiger partial charge on any atom is -0.383 e. The van der Waals surface area contributed by atoms with E-state index in [9.17, 15) is 8.42 Å². The molecule has 2 N–H and O–H groups in total. The van der Waals surface area contributed by atoms with E-state index in [0.717, 1.165) is 5.56 Å². The van der Waals surface area contributed by atoms with Gasteiger partial charge in [-0.3, -0.25) is 0 Å². The highest BCUT2D eigenvalue weighted by Crippen LogP contribution is 2.16. The Labute approximate surface area is 94.4 Å². The molecule has 1 aromatic rings. The van der Waals surface area contributed by atoms with E-state index in [2.05, 4.69) is 4.98 Å². The van der Waals surface area contributed by atoms with Crippen LogP contribution in [0.15, 0.2) is 12.3 Å². The van der Waals surface area contributed by atoms with Crippen LogP contribution in [-0.4, -0.2) is 25.4 Å². The molecule has 1 aromatic heterocycles. The Bertz CT molecular complexity index is 445. The molecule has 1 rings (SSSR count). The van der Waals surface area contributed by atoms with Crippen LogP contribution in [0, 0.1) is 0 Å². The van der Waals surface area contributed by atoms with Crippen LogP contribution in [0.2, 0.25) is 5.02 Å². The first-order valence-electron chi connectivity index (χ1n) is 4.46. The second-order valence-corrected chi connectivity index (χ2v) is 6.13. The lowest BCUT2D eigenvalue weighted by Gasteiger charge is -2.04. The highest BCUT2D eigenvalue weighted by molar-refractivity contribution is 7.90. The first-order valence-corrected chi connectivity index (χ1v) is 6.90. The van der Waals surface area contributed by atoms with Crippen molar-refractivity contribution in [1.29, 1.82) is 0 Å². The Balaban J connectivity index is 2.61. The molecule has 0 fully saturated rings.